The molecular weight excluding hydrogens is 271 g/mol. The molecule has 1 saturated heterocycles. The number of methoxy groups -OCH3 is 1. The number of pyridine rings is 2. The Hall–Kier alpha value is -2.01. The molecule has 2 aromatic heterocycles. The highest BCUT2D eigenvalue weighted by Crippen LogP contribution is 2.23. The van der Waals surface area contributed by atoms with Gasteiger partial charge in [0.2, 0.25) is 5.88 Å². The lowest BCUT2D eigenvalue weighted by atomic mass is 10.1. The summed E-state index contributed by atoms with van der Waals surface area (Å²) < 4.78 is 24.7. The fourth-order valence-corrected chi connectivity index (χ4v) is 2.24. The number of rotatable bonds is 3. The van der Waals surface area contributed by atoms with E-state index in [1.165, 1.54) is 13.3 Å². The summed E-state index contributed by atoms with van der Waals surface area (Å²) in [6.07, 6.45) is 9.61. The van der Waals surface area contributed by atoms with Crippen molar-refractivity contribution in [1.82, 2.24) is 9.97 Å². The zero-order valence-corrected chi connectivity index (χ0v) is 11.7. The smallest absolute Gasteiger partial charge is 0.213 e. The summed E-state index contributed by atoms with van der Waals surface area (Å²) in [5.74, 6) is 0.0242. The molecule has 2 radical (unpaired) electrons. The highest BCUT2D eigenvalue weighted by molar-refractivity contribution is 5.84. The van der Waals surface area contributed by atoms with E-state index in [0.717, 1.165) is 12.8 Å². The SMILES string of the molecule is COc1ccc2ncc(F)c(/C=C/C3CC[C]CO3)c2n1. The van der Waals surface area contributed by atoms with Crippen LogP contribution < -0.4 is 4.74 Å². The number of halogens is 1. The predicted molar refractivity (Wildman–Crippen MR) is 77.3 cm³/mol. The van der Waals surface area contributed by atoms with Crippen molar-refractivity contribution in [3.05, 3.63) is 42.2 Å². The van der Waals surface area contributed by atoms with Crippen LogP contribution in [0.2, 0.25) is 0 Å². The van der Waals surface area contributed by atoms with Gasteiger partial charge in [-0.15, -0.1) is 0 Å². The van der Waals surface area contributed by atoms with Gasteiger partial charge in [0.25, 0.3) is 0 Å². The Labute approximate surface area is 122 Å². The molecule has 21 heavy (non-hydrogen) atoms. The van der Waals surface area contributed by atoms with Crippen LogP contribution in [0.3, 0.4) is 0 Å². The van der Waals surface area contributed by atoms with Gasteiger partial charge in [0, 0.05) is 18.1 Å². The number of aromatic nitrogens is 2. The first-order chi connectivity index (χ1) is 10.3. The second-order valence-corrected chi connectivity index (χ2v) is 4.74. The van der Waals surface area contributed by atoms with Crippen LogP contribution in [-0.4, -0.2) is 29.8 Å². The van der Waals surface area contributed by atoms with E-state index in [2.05, 4.69) is 16.4 Å². The summed E-state index contributed by atoms with van der Waals surface area (Å²) in [7, 11) is 1.53. The van der Waals surface area contributed by atoms with Gasteiger partial charge in [-0.3, -0.25) is 4.98 Å². The molecule has 1 unspecified atom stereocenters. The van der Waals surface area contributed by atoms with E-state index in [1.807, 2.05) is 6.08 Å². The average Bonchev–Trinajstić information content (AvgIpc) is 2.54. The fraction of sp³-hybridized carbons (Fsp3) is 0.312. The van der Waals surface area contributed by atoms with Crippen LogP contribution in [0.1, 0.15) is 18.4 Å². The molecule has 0 amide bonds. The number of fused-ring (bicyclic) bond motifs is 1. The zero-order chi connectivity index (χ0) is 14.7. The first-order valence-corrected chi connectivity index (χ1v) is 6.77. The molecule has 0 bridgehead atoms. The van der Waals surface area contributed by atoms with Crippen molar-refractivity contribution in [2.75, 3.05) is 13.7 Å². The van der Waals surface area contributed by atoms with E-state index in [9.17, 15) is 4.39 Å². The fourth-order valence-electron chi connectivity index (χ4n) is 2.24. The summed E-state index contributed by atoms with van der Waals surface area (Å²) >= 11 is 0. The highest BCUT2D eigenvalue weighted by Gasteiger charge is 2.13. The van der Waals surface area contributed by atoms with Gasteiger partial charge < -0.3 is 9.47 Å². The molecule has 0 saturated carbocycles. The molecule has 0 aromatic carbocycles. The van der Waals surface area contributed by atoms with E-state index in [4.69, 9.17) is 9.47 Å². The van der Waals surface area contributed by atoms with Gasteiger partial charge in [0.05, 0.1) is 31.5 Å². The summed E-state index contributed by atoms with van der Waals surface area (Å²) in [6.45, 7) is 0.515. The topological polar surface area (TPSA) is 44.2 Å². The molecule has 1 aliphatic rings. The maximum atomic E-state index is 14.1. The number of hydrogen-bond acceptors (Lipinski definition) is 4. The molecule has 3 heterocycles. The van der Waals surface area contributed by atoms with E-state index in [0.29, 0.717) is 29.1 Å². The third kappa shape index (κ3) is 3.03. The summed E-state index contributed by atoms with van der Waals surface area (Å²) in [4.78, 5) is 8.33. The molecule has 2 aromatic rings. The lowest BCUT2D eigenvalue weighted by Crippen LogP contribution is -2.16. The molecule has 0 N–H and O–H groups in total. The van der Waals surface area contributed by atoms with Gasteiger partial charge in [0.15, 0.2) is 5.82 Å². The van der Waals surface area contributed by atoms with Crippen molar-refractivity contribution in [1.29, 1.82) is 0 Å². The Morgan fingerprint density at radius 3 is 3.14 bits per heavy atom. The highest BCUT2D eigenvalue weighted by atomic mass is 19.1. The molecule has 5 heteroatoms. The normalized spacial score (nSPS) is 19.2. The second-order valence-electron chi connectivity index (χ2n) is 4.74. The Balaban J connectivity index is 1.99. The monoisotopic (exact) mass is 286 g/mol. The molecule has 108 valence electrons. The maximum absolute atomic E-state index is 14.1. The summed E-state index contributed by atoms with van der Waals surface area (Å²) in [5.41, 5.74) is 1.52. The molecule has 3 rings (SSSR count). The van der Waals surface area contributed by atoms with Gasteiger partial charge in [0.1, 0.15) is 5.52 Å². The van der Waals surface area contributed by atoms with Crippen LogP contribution in [0.15, 0.2) is 24.4 Å². The number of nitrogens with zero attached hydrogens (tertiary/aromatic N) is 2. The molecule has 1 fully saturated rings. The second kappa shape index (κ2) is 6.18. The standard InChI is InChI=1S/C16H15FN2O2/c1-20-15-8-7-14-16(19-15)12(13(17)10-18-14)6-5-11-4-2-3-9-21-11/h5-8,10-11H,2,4,9H2,1H3/b6-5+. The molecule has 1 atom stereocenters. The van der Waals surface area contributed by atoms with Crippen LogP contribution >= 0.6 is 0 Å². The van der Waals surface area contributed by atoms with Crippen LogP contribution in [0.4, 0.5) is 4.39 Å². The number of ether oxygens (including phenoxy) is 2. The van der Waals surface area contributed by atoms with Crippen molar-refractivity contribution < 1.29 is 13.9 Å². The van der Waals surface area contributed by atoms with Crippen molar-refractivity contribution in [3.63, 3.8) is 0 Å². The molecule has 0 spiro atoms. The third-order valence-corrected chi connectivity index (χ3v) is 3.37. The van der Waals surface area contributed by atoms with Gasteiger partial charge in [-0.2, -0.15) is 0 Å². The quantitative estimate of drug-likeness (QED) is 0.870. The maximum Gasteiger partial charge on any atom is 0.213 e. The third-order valence-electron chi connectivity index (χ3n) is 3.37. The minimum absolute atomic E-state index is 0.0144. The molecular formula is C16H15FN2O2. The van der Waals surface area contributed by atoms with Crippen LogP contribution in [0.5, 0.6) is 5.88 Å². The van der Waals surface area contributed by atoms with Crippen molar-refractivity contribution in [3.8, 4) is 5.88 Å². The lowest BCUT2D eigenvalue weighted by molar-refractivity contribution is 0.0734. The van der Waals surface area contributed by atoms with Crippen molar-refractivity contribution in [2.45, 2.75) is 18.9 Å². The average molecular weight is 286 g/mol. The largest absolute Gasteiger partial charge is 0.481 e. The van der Waals surface area contributed by atoms with E-state index in [1.54, 1.807) is 18.2 Å². The summed E-state index contributed by atoms with van der Waals surface area (Å²) in [5, 5.41) is 0. The van der Waals surface area contributed by atoms with Crippen LogP contribution in [0, 0.1) is 12.2 Å². The van der Waals surface area contributed by atoms with Crippen LogP contribution in [0.25, 0.3) is 17.1 Å². The van der Waals surface area contributed by atoms with Crippen molar-refractivity contribution >= 4 is 17.1 Å². The minimum Gasteiger partial charge on any atom is -0.481 e. The van der Waals surface area contributed by atoms with Gasteiger partial charge in [-0.25, -0.2) is 9.37 Å². The van der Waals surface area contributed by atoms with Crippen LogP contribution in [-0.2, 0) is 4.74 Å². The van der Waals surface area contributed by atoms with Gasteiger partial charge >= 0.3 is 0 Å². The first-order valence-electron chi connectivity index (χ1n) is 6.77. The number of hydrogen-bond donors (Lipinski definition) is 0. The Bertz CT molecular complexity index is 667. The van der Waals surface area contributed by atoms with Gasteiger partial charge in [-0.1, -0.05) is 12.2 Å². The lowest BCUT2D eigenvalue weighted by Gasteiger charge is -2.18. The van der Waals surface area contributed by atoms with Gasteiger partial charge in [-0.05, 0) is 18.9 Å². The van der Waals surface area contributed by atoms with E-state index < -0.39 is 5.82 Å². The minimum atomic E-state index is -0.409. The molecule has 4 nitrogen and oxygen atoms in total. The first kappa shape index (κ1) is 13.9. The molecule has 1 aliphatic heterocycles. The Morgan fingerprint density at radius 1 is 1.48 bits per heavy atom. The summed E-state index contributed by atoms with van der Waals surface area (Å²) in [6, 6.07) is 3.47. The zero-order valence-electron chi connectivity index (χ0n) is 11.7. The van der Waals surface area contributed by atoms with E-state index in [-0.39, 0.29) is 6.10 Å². The Kier molecular flexibility index (Phi) is 4.10. The predicted octanol–water partition coefficient (Wildman–Crippen LogP) is 3.05. The Morgan fingerprint density at radius 2 is 2.38 bits per heavy atom. The van der Waals surface area contributed by atoms with Crippen molar-refractivity contribution in [2.24, 2.45) is 0 Å². The van der Waals surface area contributed by atoms with E-state index >= 15 is 0 Å². The molecule has 0 aliphatic carbocycles.